The number of nitrogens with one attached hydrogen (secondary N) is 1. The largest absolute Gasteiger partial charge is 0.497 e. The summed E-state index contributed by atoms with van der Waals surface area (Å²) in [6.07, 6.45) is -0.591. The number of ether oxygens (including phenoxy) is 3. The number of benzene rings is 2. The summed E-state index contributed by atoms with van der Waals surface area (Å²) in [5.74, 6) is 0.275. The van der Waals surface area contributed by atoms with Crippen LogP contribution in [-0.2, 0) is 14.4 Å². The van der Waals surface area contributed by atoms with Crippen molar-refractivity contribution in [3.05, 3.63) is 53.6 Å². The van der Waals surface area contributed by atoms with E-state index in [-0.39, 0.29) is 12.0 Å². The monoisotopic (exact) mass is 384 g/mol. The molecule has 1 amide bonds. The van der Waals surface area contributed by atoms with Crippen LogP contribution in [-0.4, -0.2) is 45.0 Å². The van der Waals surface area contributed by atoms with Crippen LogP contribution in [0, 0.1) is 0 Å². The van der Waals surface area contributed by atoms with Gasteiger partial charge in [0.2, 0.25) is 6.10 Å². The molecule has 0 aromatic heterocycles. The first kappa shape index (κ1) is 19.2. The molecule has 0 saturated carbocycles. The van der Waals surface area contributed by atoms with Gasteiger partial charge in [-0.1, -0.05) is 17.3 Å². The van der Waals surface area contributed by atoms with Crippen molar-refractivity contribution >= 4 is 23.3 Å². The molecule has 1 aliphatic rings. The first-order chi connectivity index (χ1) is 13.6. The summed E-state index contributed by atoms with van der Waals surface area (Å²) in [5, 5.41) is 6.73. The van der Waals surface area contributed by atoms with Crippen molar-refractivity contribution < 1.29 is 28.6 Å². The third-order valence-electron chi connectivity index (χ3n) is 4.27. The Morgan fingerprint density at radius 3 is 2.61 bits per heavy atom. The van der Waals surface area contributed by atoms with Crippen molar-refractivity contribution in [2.24, 2.45) is 5.16 Å². The maximum atomic E-state index is 12.6. The Labute approximate surface area is 162 Å². The van der Waals surface area contributed by atoms with Crippen LogP contribution in [0.2, 0.25) is 0 Å². The number of anilines is 1. The zero-order valence-electron chi connectivity index (χ0n) is 15.7. The third kappa shape index (κ3) is 3.90. The Bertz CT molecular complexity index is 925. The summed E-state index contributed by atoms with van der Waals surface area (Å²) in [6.45, 7) is 0. The molecule has 28 heavy (non-hydrogen) atoms. The van der Waals surface area contributed by atoms with E-state index in [2.05, 4.69) is 10.5 Å². The van der Waals surface area contributed by atoms with E-state index < -0.39 is 18.0 Å². The Balaban J connectivity index is 1.74. The number of rotatable bonds is 6. The van der Waals surface area contributed by atoms with Crippen LogP contribution in [0.15, 0.2) is 47.6 Å². The SMILES string of the molecule is COC(=O)c1ccccc1NC(=O)[C@@H]1CC(c2cc(OC)ccc2OC)=NO1. The zero-order valence-corrected chi connectivity index (χ0v) is 15.7. The first-order valence-corrected chi connectivity index (χ1v) is 8.50. The number of amides is 1. The molecule has 0 unspecified atom stereocenters. The van der Waals surface area contributed by atoms with E-state index in [1.165, 1.54) is 7.11 Å². The van der Waals surface area contributed by atoms with Crippen molar-refractivity contribution in [3.8, 4) is 11.5 Å². The molecule has 0 bridgehead atoms. The van der Waals surface area contributed by atoms with E-state index in [0.717, 1.165) is 0 Å². The van der Waals surface area contributed by atoms with Gasteiger partial charge in [0.15, 0.2) is 0 Å². The number of hydrogen-bond donors (Lipinski definition) is 1. The number of hydrogen-bond acceptors (Lipinski definition) is 7. The molecule has 1 N–H and O–H groups in total. The minimum absolute atomic E-state index is 0.246. The van der Waals surface area contributed by atoms with Gasteiger partial charge in [-0.25, -0.2) is 4.79 Å². The van der Waals surface area contributed by atoms with E-state index >= 15 is 0 Å². The van der Waals surface area contributed by atoms with Crippen LogP contribution in [0.25, 0.3) is 0 Å². The molecule has 1 heterocycles. The lowest BCUT2D eigenvalue weighted by Crippen LogP contribution is -2.28. The lowest BCUT2D eigenvalue weighted by molar-refractivity contribution is -0.125. The van der Waals surface area contributed by atoms with Gasteiger partial charge in [-0.05, 0) is 30.3 Å². The fraction of sp³-hybridized carbons (Fsp3) is 0.250. The van der Waals surface area contributed by atoms with Crippen LogP contribution in [0.1, 0.15) is 22.3 Å². The predicted molar refractivity (Wildman–Crippen MR) is 102 cm³/mol. The van der Waals surface area contributed by atoms with Gasteiger partial charge in [-0.15, -0.1) is 0 Å². The average molecular weight is 384 g/mol. The highest BCUT2D eigenvalue weighted by molar-refractivity contribution is 6.09. The number of carbonyl (C=O) groups is 2. The number of nitrogens with zero attached hydrogens (tertiary/aromatic N) is 1. The lowest BCUT2D eigenvalue weighted by Gasteiger charge is -2.12. The van der Waals surface area contributed by atoms with Crippen LogP contribution in [0.5, 0.6) is 11.5 Å². The second kappa shape index (κ2) is 8.43. The van der Waals surface area contributed by atoms with E-state index in [1.54, 1.807) is 56.7 Å². The number of para-hydroxylation sites is 1. The van der Waals surface area contributed by atoms with Gasteiger partial charge in [-0.2, -0.15) is 0 Å². The van der Waals surface area contributed by atoms with E-state index in [4.69, 9.17) is 19.0 Å². The number of methoxy groups -OCH3 is 3. The molecule has 3 rings (SSSR count). The molecule has 2 aromatic rings. The molecule has 8 nitrogen and oxygen atoms in total. The standard InChI is InChI=1S/C20H20N2O6/c1-25-12-8-9-17(26-2)14(10-12)16-11-18(28-22-16)19(23)21-15-7-5-4-6-13(15)20(24)27-3/h4-10,18H,11H2,1-3H3,(H,21,23)/t18-/m0/s1. The van der Waals surface area contributed by atoms with Gasteiger partial charge in [0.25, 0.3) is 5.91 Å². The Hall–Kier alpha value is -3.55. The van der Waals surface area contributed by atoms with Gasteiger partial charge in [0.05, 0.1) is 38.3 Å². The van der Waals surface area contributed by atoms with Crippen molar-refractivity contribution in [2.45, 2.75) is 12.5 Å². The van der Waals surface area contributed by atoms with Gasteiger partial charge >= 0.3 is 5.97 Å². The number of oxime groups is 1. The Kier molecular flexibility index (Phi) is 5.78. The second-order valence-corrected chi connectivity index (χ2v) is 5.93. The average Bonchev–Trinajstić information content (AvgIpc) is 3.23. The first-order valence-electron chi connectivity index (χ1n) is 8.50. The normalized spacial score (nSPS) is 15.2. The van der Waals surface area contributed by atoms with Gasteiger partial charge in [0.1, 0.15) is 11.5 Å². The topological polar surface area (TPSA) is 95.5 Å². The van der Waals surface area contributed by atoms with Crippen molar-refractivity contribution in [3.63, 3.8) is 0 Å². The third-order valence-corrected chi connectivity index (χ3v) is 4.27. The van der Waals surface area contributed by atoms with Crippen LogP contribution < -0.4 is 14.8 Å². The molecule has 1 aliphatic heterocycles. The fourth-order valence-electron chi connectivity index (χ4n) is 2.81. The Morgan fingerprint density at radius 1 is 1.11 bits per heavy atom. The molecule has 8 heteroatoms. The van der Waals surface area contributed by atoms with Crippen molar-refractivity contribution in [2.75, 3.05) is 26.6 Å². The molecule has 0 aliphatic carbocycles. The maximum absolute atomic E-state index is 12.6. The van der Waals surface area contributed by atoms with E-state index in [1.807, 2.05) is 0 Å². The van der Waals surface area contributed by atoms with Gasteiger partial charge in [0, 0.05) is 12.0 Å². The lowest BCUT2D eigenvalue weighted by atomic mass is 10.0. The summed E-state index contributed by atoms with van der Waals surface area (Å²) >= 11 is 0. The highest BCUT2D eigenvalue weighted by atomic mass is 16.6. The fourth-order valence-corrected chi connectivity index (χ4v) is 2.81. The predicted octanol–water partition coefficient (Wildman–Crippen LogP) is 2.62. The quantitative estimate of drug-likeness (QED) is 0.770. The highest BCUT2D eigenvalue weighted by Crippen LogP contribution is 2.29. The molecule has 0 saturated heterocycles. The van der Waals surface area contributed by atoms with Gasteiger partial charge < -0.3 is 24.4 Å². The van der Waals surface area contributed by atoms with Crippen LogP contribution >= 0.6 is 0 Å². The van der Waals surface area contributed by atoms with E-state index in [0.29, 0.717) is 28.5 Å². The summed E-state index contributed by atoms with van der Waals surface area (Å²) in [4.78, 5) is 29.8. The summed E-state index contributed by atoms with van der Waals surface area (Å²) in [6, 6.07) is 11.9. The molecular formula is C20H20N2O6. The van der Waals surface area contributed by atoms with Crippen molar-refractivity contribution in [1.82, 2.24) is 0 Å². The maximum Gasteiger partial charge on any atom is 0.339 e. The van der Waals surface area contributed by atoms with E-state index in [9.17, 15) is 9.59 Å². The molecule has 146 valence electrons. The molecule has 1 atom stereocenters. The number of carbonyl (C=O) groups excluding carboxylic acids is 2. The zero-order chi connectivity index (χ0) is 20.1. The molecule has 0 fully saturated rings. The summed E-state index contributed by atoms with van der Waals surface area (Å²) in [7, 11) is 4.39. The minimum Gasteiger partial charge on any atom is -0.497 e. The summed E-state index contributed by atoms with van der Waals surface area (Å²) < 4.78 is 15.3. The van der Waals surface area contributed by atoms with Gasteiger partial charge in [-0.3, -0.25) is 4.79 Å². The van der Waals surface area contributed by atoms with Crippen LogP contribution in [0.4, 0.5) is 5.69 Å². The van der Waals surface area contributed by atoms with Crippen molar-refractivity contribution in [1.29, 1.82) is 0 Å². The highest BCUT2D eigenvalue weighted by Gasteiger charge is 2.31. The summed E-state index contributed by atoms with van der Waals surface area (Å²) in [5.41, 5.74) is 1.85. The minimum atomic E-state index is -0.836. The number of esters is 1. The van der Waals surface area contributed by atoms with Crippen LogP contribution in [0.3, 0.4) is 0 Å². The second-order valence-electron chi connectivity index (χ2n) is 5.93. The molecule has 0 spiro atoms. The molecule has 2 aromatic carbocycles. The Morgan fingerprint density at radius 2 is 1.89 bits per heavy atom. The smallest absolute Gasteiger partial charge is 0.339 e. The molecular weight excluding hydrogens is 364 g/mol. The molecule has 0 radical (unpaired) electrons.